The summed E-state index contributed by atoms with van der Waals surface area (Å²) in [6.45, 7) is 3.16. The van der Waals surface area contributed by atoms with Gasteiger partial charge in [-0.3, -0.25) is 14.5 Å². The van der Waals surface area contributed by atoms with Crippen molar-refractivity contribution in [1.29, 1.82) is 0 Å². The molecule has 5 nitrogen and oxygen atoms in total. The molecule has 3 rings (SSSR count). The summed E-state index contributed by atoms with van der Waals surface area (Å²) >= 11 is 6.11. The van der Waals surface area contributed by atoms with Gasteiger partial charge in [0.05, 0.1) is 11.1 Å². The molecule has 2 atom stereocenters. The number of amides is 2. The van der Waals surface area contributed by atoms with Crippen LogP contribution in [0.4, 0.5) is 0 Å². The number of imide groups is 1. The van der Waals surface area contributed by atoms with E-state index in [4.69, 9.17) is 16.3 Å². The molecule has 0 aromatic heterocycles. The summed E-state index contributed by atoms with van der Waals surface area (Å²) in [4.78, 5) is 38.3. The predicted octanol–water partition coefficient (Wildman–Crippen LogP) is 3.63. The summed E-state index contributed by atoms with van der Waals surface area (Å²) in [6.07, 6.45) is -0.598. The van der Waals surface area contributed by atoms with Crippen molar-refractivity contribution in [3.8, 4) is 0 Å². The molecular weight excluding hydrogens is 342 g/mol. The number of ether oxygens (including phenoxy) is 1. The van der Waals surface area contributed by atoms with Gasteiger partial charge in [-0.2, -0.15) is 0 Å². The Bertz CT molecular complexity index is 829. The van der Waals surface area contributed by atoms with Crippen molar-refractivity contribution in [3.63, 3.8) is 0 Å². The van der Waals surface area contributed by atoms with E-state index in [9.17, 15) is 14.4 Å². The number of benzene rings is 2. The van der Waals surface area contributed by atoms with E-state index in [1.54, 1.807) is 55.5 Å². The number of esters is 1. The average molecular weight is 358 g/mol. The molecule has 2 aromatic rings. The van der Waals surface area contributed by atoms with E-state index in [1.165, 1.54) is 6.92 Å². The van der Waals surface area contributed by atoms with Crippen molar-refractivity contribution in [3.05, 3.63) is 70.2 Å². The number of hydrogen-bond acceptors (Lipinski definition) is 4. The van der Waals surface area contributed by atoms with Gasteiger partial charge in [-0.15, -0.1) is 0 Å². The molecule has 0 fully saturated rings. The second kappa shape index (κ2) is 6.69. The van der Waals surface area contributed by atoms with Gasteiger partial charge in [0.1, 0.15) is 12.1 Å². The monoisotopic (exact) mass is 357 g/mol. The normalized spacial score (nSPS) is 15.7. The maximum Gasteiger partial charge on any atom is 0.329 e. The quantitative estimate of drug-likeness (QED) is 0.619. The number of hydrogen-bond donors (Lipinski definition) is 0. The minimum Gasteiger partial charge on any atom is -0.456 e. The molecule has 1 aliphatic rings. The third-order valence-corrected chi connectivity index (χ3v) is 4.53. The SMILES string of the molecule is C[C@H](OC(=O)[C@H](C)N1C(=O)c2ccccc2C1=O)c1ccccc1Cl. The zero-order chi connectivity index (χ0) is 18.1. The average Bonchev–Trinajstić information content (AvgIpc) is 2.86. The van der Waals surface area contributed by atoms with Crippen molar-refractivity contribution in [2.24, 2.45) is 0 Å². The molecule has 0 unspecified atom stereocenters. The van der Waals surface area contributed by atoms with Crippen LogP contribution >= 0.6 is 11.6 Å². The first-order chi connectivity index (χ1) is 11.9. The standard InChI is InChI=1S/C19H16ClNO4/c1-11(19(24)25-12(2)13-7-5-6-10-16(13)20)21-17(22)14-8-3-4-9-15(14)18(21)23/h3-12H,1-2H3/t11-,12-/m0/s1. The number of nitrogens with zero attached hydrogens (tertiary/aromatic N) is 1. The zero-order valence-corrected chi connectivity index (χ0v) is 14.5. The molecule has 128 valence electrons. The molecule has 0 aliphatic carbocycles. The fourth-order valence-corrected chi connectivity index (χ4v) is 3.10. The summed E-state index contributed by atoms with van der Waals surface area (Å²) in [5, 5.41) is 0.483. The Balaban J connectivity index is 1.77. The highest BCUT2D eigenvalue weighted by Crippen LogP contribution is 2.28. The van der Waals surface area contributed by atoms with Gasteiger partial charge in [0.2, 0.25) is 0 Å². The highest BCUT2D eigenvalue weighted by atomic mass is 35.5. The van der Waals surface area contributed by atoms with Crippen LogP contribution in [0.3, 0.4) is 0 Å². The molecule has 2 amide bonds. The van der Waals surface area contributed by atoms with Crippen LogP contribution in [-0.4, -0.2) is 28.7 Å². The summed E-state index contributed by atoms with van der Waals surface area (Å²) in [6, 6.07) is 12.5. The second-order valence-corrected chi connectivity index (χ2v) is 6.21. The Kier molecular flexibility index (Phi) is 4.59. The van der Waals surface area contributed by atoms with Gasteiger partial charge in [0, 0.05) is 10.6 Å². The second-order valence-electron chi connectivity index (χ2n) is 5.80. The van der Waals surface area contributed by atoms with E-state index in [-0.39, 0.29) is 0 Å². The molecule has 0 bridgehead atoms. The molecule has 0 N–H and O–H groups in total. The Hall–Kier alpha value is -2.66. The van der Waals surface area contributed by atoms with Crippen LogP contribution in [0.25, 0.3) is 0 Å². The van der Waals surface area contributed by atoms with E-state index in [0.717, 1.165) is 4.90 Å². The Labute approximate surface area is 150 Å². The van der Waals surface area contributed by atoms with Crippen LogP contribution in [0, 0.1) is 0 Å². The molecule has 1 aliphatic heterocycles. The van der Waals surface area contributed by atoms with Crippen molar-refractivity contribution in [2.45, 2.75) is 26.0 Å². The summed E-state index contributed by atoms with van der Waals surface area (Å²) in [5.41, 5.74) is 1.25. The van der Waals surface area contributed by atoms with Gasteiger partial charge in [-0.1, -0.05) is 41.9 Å². The number of carbonyl (C=O) groups is 3. The van der Waals surface area contributed by atoms with Crippen molar-refractivity contribution < 1.29 is 19.1 Å². The van der Waals surface area contributed by atoms with Crippen LogP contribution < -0.4 is 0 Å². The van der Waals surface area contributed by atoms with Gasteiger partial charge in [-0.05, 0) is 32.0 Å². The molecule has 0 radical (unpaired) electrons. The Morgan fingerprint density at radius 1 is 0.960 bits per heavy atom. The molecule has 0 spiro atoms. The van der Waals surface area contributed by atoms with Crippen LogP contribution in [0.2, 0.25) is 5.02 Å². The third-order valence-electron chi connectivity index (χ3n) is 4.19. The maximum atomic E-state index is 12.5. The van der Waals surface area contributed by atoms with Crippen molar-refractivity contribution in [2.75, 3.05) is 0 Å². The van der Waals surface area contributed by atoms with E-state index in [0.29, 0.717) is 21.7 Å². The highest BCUT2D eigenvalue weighted by molar-refractivity contribution is 6.31. The molecule has 6 heteroatoms. The summed E-state index contributed by atoms with van der Waals surface area (Å²) in [5.74, 6) is -1.65. The van der Waals surface area contributed by atoms with Crippen molar-refractivity contribution in [1.82, 2.24) is 4.90 Å². The Morgan fingerprint density at radius 2 is 1.48 bits per heavy atom. The molecular formula is C19H16ClNO4. The fourth-order valence-electron chi connectivity index (χ4n) is 2.81. The van der Waals surface area contributed by atoms with Crippen LogP contribution in [0.15, 0.2) is 48.5 Å². The minimum absolute atomic E-state index is 0.298. The summed E-state index contributed by atoms with van der Waals surface area (Å²) in [7, 11) is 0. The first-order valence-electron chi connectivity index (χ1n) is 7.83. The lowest BCUT2D eigenvalue weighted by atomic mass is 10.1. The lowest BCUT2D eigenvalue weighted by molar-refractivity contribution is -0.152. The van der Waals surface area contributed by atoms with Crippen LogP contribution in [-0.2, 0) is 9.53 Å². The van der Waals surface area contributed by atoms with Crippen LogP contribution in [0.1, 0.15) is 46.2 Å². The fraction of sp³-hybridized carbons (Fsp3) is 0.211. The van der Waals surface area contributed by atoms with Gasteiger partial charge in [-0.25, -0.2) is 4.79 Å². The topological polar surface area (TPSA) is 63.7 Å². The largest absolute Gasteiger partial charge is 0.456 e. The summed E-state index contributed by atoms with van der Waals surface area (Å²) < 4.78 is 5.42. The van der Waals surface area contributed by atoms with Gasteiger partial charge in [0.15, 0.2) is 0 Å². The third kappa shape index (κ3) is 3.03. The van der Waals surface area contributed by atoms with Crippen molar-refractivity contribution >= 4 is 29.4 Å². The van der Waals surface area contributed by atoms with Gasteiger partial charge < -0.3 is 4.74 Å². The first kappa shape index (κ1) is 17.2. The Morgan fingerprint density at radius 3 is 2.04 bits per heavy atom. The highest BCUT2D eigenvalue weighted by Gasteiger charge is 2.41. The van der Waals surface area contributed by atoms with E-state index in [1.807, 2.05) is 0 Å². The molecule has 1 heterocycles. The first-order valence-corrected chi connectivity index (χ1v) is 8.21. The number of rotatable bonds is 4. The minimum atomic E-state index is -1.03. The molecule has 2 aromatic carbocycles. The maximum absolute atomic E-state index is 12.5. The van der Waals surface area contributed by atoms with E-state index in [2.05, 4.69) is 0 Å². The van der Waals surface area contributed by atoms with E-state index >= 15 is 0 Å². The number of fused-ring (bicyclic) bond motifs is 1. The molecule has 0 saturated carbocycles. The van der Waals surface area contributed by atoms with Crippen LogP contribution in [0.5, 0.6) is 0 Å². The number of carbonyl (C=O) groups excluding carboxylic acids is 3. The number of halogens is 1. The van der Waals surface area contributed by atoms with Gasteiger partial charge in [0.25, 0.3) is 11.8 Å². The zero-order valence-electron chi connectivity index (χ0n) is 13.7. The van der Waals surface area contributed by atoms with Gasteiger partial charge >= 0.3 is 5.97 Å². The molecule has 25 heavy (non-hydrogen) atoms. The molecule has 0 saturated heterocycles. The predicted molar refractivity (Wildman–Crippen MR) is 92.4 cm³/mol. The lowest BCUT2D eigenvalue weighted by Crippen LogP contribution is -2.43. The van der Waals surface area contributed by atoms with E-state index < -0.39 is 29.9 Å². The smallest absolute Gasteiger partial charge is 0.329 e. The lowest BCUT2D eigenvalue weighted by Gasteiger charge is -2.23.